The van der Waals surface area contributed by atoms with Gasteiger partial charge in [-0.2, -0.15) is 0 Å². The highest BCUT2D eigenvalue weighted by Gasteiger charge is 1.98. The Labute approximate surface area is 94.8 Å². The molecule has 4 heteroatoms. The fourth-order valence-corrected chi connectivity index (χ4v) is 1.24. The molecule has 0 unspecified atom stereocenters. The number of rotatable bonds is 5. The van der Waals surface area contributed by atoms with Crippen LogP contribution in [-0.2, 0) is 6.54 Å². The van der Waals surface area contributed by atoms with Gasteiger partial charge in [-0.25, -0.2) is 4.79 Å². The zero-order valence-corrected chi connectivity index (χ0v) is 9.26. The third-order valence-corrected chi connectivity index (χ3v) is 2.16. The Morgan fingerprint density at radius 3 is 2.60 bits per heavy atom. The van der Waals surface area contributed by atoms with E-state index in [-0.39, 0.29) is 6.03 Å². The van der Waals surface area contributed by atoms with Crippen LogP contribution in [0.25, 0.3) is 0 Å². The van der Waals surface area contributed by atoms with Crippen LogP contribution in [-0.4, -0.2) is 18.5 Å². The van der Waals surface area contributed by atoms with Crippen LogP contribution in [0.3, 0.4) is 0 Å². The van der Waals surface area contributed by atoms with Crippen molar-refractivity contribution in [2.24, 2.45) is 0 Å². The van der Waals surface area contributed by atoms with Crippen molar-refractivity contribution < 1.29 is 4.79 Å². The number of alkyl halides is 1. The maximum absolute atomic E-state index is 11.2. The first-order valence-electron chi connectivity index (χ1n) is 4.94. The van der Waals surface area contributed by atoms with E-state index in [1.54, 1.807) is 0 Å². The average Bonchev–Trinajstić information content (AvgIpc) is 2.28. The number of halogens is 1. The fraction of sp³-hybridized carbons (Fsp3) is 0.364. The summed E-state index contributed by atoms with van der Waals surface area (Å²) < 4.78 is 0. The Balaban J connectivity index is 2.17. The molecular weight excluding hydrogens is 212 g/mol. The van der Waals surface area contributed by atoms with Crippen molar-refractivity contribution in [1.82, 2.24) is 10.6 Å². The van der Waals surface area contributed by atoms with Gasteiger partial charge in [0.25, 0.3) is 0 Å². The van der Waals surface area contributed by atoms with Gasteiger partial charge in [0.15, 0.2) is 0 Å². The summed E-state index contributed by atoms with van der Waals surface area (Å²) in [6.07, 6.45) is 0.792. The summed E-state index contributed by atoms with van der Waals surface area (Å²) in [6.45, 7) is 1.16. The van der Waals surface area contributed by atoms with Crippen molar-refractivity contribution in [1.29, 1.82) is 0 Å². The lowest BCUT2D eigenvalue weighted by Crippen LogP contribution is -2.35. The normalized spacial score (nSPS) is 9.67. The van der Waals surface area contributed by atoms with E-state index in [0.29, 0.717) is 19.0 Å². The minimum absolute atomic E-state index is 0.149. The topological polar surface area (TPSA) is 41.1 Å². The van der Waals surface area contributed by atoms with E-state index < -0.39 is 0 Å². The Morgan fingerprint density at radius 2 is 1.93 bits per heavy atom. The molecule has 15 heavy (non-hydrogen) atoms. The molecule has 0 saturated heterocycles. The second kappa shape index (κ2) is 7.12. The third kappa shape index (κ3) is 5.27. The molecule has 0 aliphatic carbocycles. The first-order chi connectivity index (χ1) is 7.33. The summed E-state index contributed by atoms with van der Waals surface area (Å²) in [5.41, 5.74) is 1.09. The van der Waals surface area contributed by atoms with Crippen molar-refractivity contribution in [3.8, 4) is 0 Å². The van der Waals surface area contributed by atoms with Crippen LogP contribution in [0.1, 0.15) is 12.0 Å². The summed E-state index contributed by atoms with van der Waals surface area (Å²) in [5, 5.41) is 5.48. The van der Waals surface area contributed by atoms with E-state index >= 15 is 0 Å². The molecule has 0 atom stereocenters. The third-order valence-electron chi connectivity index (χ3n) is 1.89. The first-order valence-corrected chi connectivity index (χ1v) is 5.48. The predicted octanol–water partition coefficient (Wildman–Crippen LogP) is 2.11. The van der Waals surface area contributed by atoms with Crippen LogP contribution in [0.15, 0.2) is 30.3 Å². The largest absolute Gasteiger partial charge is 0.338 e. The second-order valence-corrected chi connectivity index (χ2v) is 3.52. The van der Waals surface area contributed by atoms with Crippen LogP contribution >= 0.6 is 11.6 Å². The molecule has 0 spiro atoms. The Morgan fingerprint density at radius 1 is 1.20 bits per heavy atom. The number of carbonyl (C=O) groups is 1. The molecule has 0 aliphatic rings. The number of amides is 2. The summed E-state index contributed by atoms with van der Waals surface area (Å²) in [4.78, 5) is 11.2. The molecule has 0 fully saturated rings. The molecule has 0 aromatic heterocycles. The molecule has 1 aromatic carbocycles. The average molecular weight is 227 g/mol. The van der Waals surface area contributed by atoms with Crippen LogP contribution in [0.2, 0.25) is 0 Å². The summed E-state index contributed by atoms with van der Waals surface area (Å²) in [5.74, 6) is 0.568. The molecule has 0 radical (unpaired) electrons. The van der Waals surface area contributed by atoms with E-state index in [1.807, 2.05) is 30.3 Å². The van der Waals surface area contributed by atoms with E-state index in [1.165, 1.54) is 0 Å². The van der Waals surface area contributed by atoms with Crippen LogP contribution in [0.5, 0.6) is 0 Å². The van der Waals surface area contributed by atoms with Gasteiger partial charge in [-0.15, -0.1) is 11.6 Å². The maximum atomic E-state index is 11.2. The molecule has 82 valence electrons. The number of hydrogen-bond acceptors (Lipinski definition) is 1. The van der Waals surface area contributed by atoms with Gasteiger partial charge >= 0.3 is 6.03 Å². The second-order valence-electron chi connectivity index (χ2n) is 3.14. The Hall–Kier alpha value is -1.22. The fourth-order valence-electron chi connectivity index (χ4n) is 1.11. The van der Waals surface area contributed by atoms with E-state index in [2.05, 4.69) is 10.6 Å². The lowest BCUT2D eigenvalue weighted by Gasteiger charge is -2.06. The highest BCUT2D eigenvalue weighted by atomic mass is 35.5. The SMILES string of the molecule is O=C(NCCCCl)NCc1ccccc1. The van der Waals surface area contributed by atoms with Crippen LogP contribution < -0.4 is 10.6 Å². The van der Waals surface area contributed by atoms with E-state index in [0.717, 1.165) is 12.0 Å². The van der Waals surface area contributed by atoms with Gasteiger partial charge in [-0.05, 0) is 12.0 Å². The van der Waals surface area contributed by atoms with E-state index in [4.69, 9.17) is 11.6 Å². The van der Waals surface area contributed by atoms with Gasteiger partial charge in [-0.1, -0.05) is 30.3 Å². The number of urea groups is 1. The molecule has 3 nitrogen and oxygen atoms in total. The zero-order chi connectivity index (χ0) is 10.9. The number of hydrogen-bond donors (Lipinski definition) is 2. The molecular formula is C11H15ClN2O. The van der Waals surface area contributed by atoms with Gasteiger partial charge in [0.05, 0.1) is 0 Å². The minimum Gasteiger partial charge on any atom is -0.338 e. The Bertz CT molecular complexity index is 290. The van der Waals surface area contributed by atoms with E-state index in [9.17, 15) is 4.79 Å². The monoisotopic (exact) mass is 226 g/mol. The summed E-state index contributed by atoms with van der Waals surface area (Å²) >= 11 is 5.49. The van der Waals surface area contributed by atoms with Crippen LogP contribution in [0.4, 0.5) is 4.79 Å². The van der Waals surface area contributed by atoms with Gasteiger partial charge in [0.2, 0.25) is 0 Å². The van der Waals surface area contributed by atoms with Gasteiger partial charge in [-0.3, -0.25) is 0 Å². The molecule has 0 heterocycles. The smallest absolute Gasteiger partial charge is 0.315 e. The molecule has 0 saturated carbocycles. The van der Waals surface area contributed by atoms with Crippen molar-refractivity contribution in [2.45, 2.75) is 13.0 Å². The molecule has 0 aliphatic heterocycles. The van der Waals surface area contributed by atoms with Gasteiger partial charge < -0.3 is 10.6 Å². The summed E-state index contributed by atoms with van der Waals surface area (Å²) in [7, 11) is 0. The van der Waals surface area contributed by atoms with Crippen LogP contribution in [0, 0.1) is 0 Å². The molecule has 2 N–H and O–H groups in total. The lowest BCUT2D eigenvalue weighted by molar-refractivity contribution is 0.240. The van der Waals surface area contributed by atoms with Crippen molar-refractivity contribution in [3.05, 3.63) is 35.9 Å². The standard InChI is InChI=1S/C11H15ClN2O/c12-7-4-8-13-11(15)14-9-10-5-2-1-3-6-10/h1-3,5-6H,4,7-9H2,(H2,13,14,15). The Kier molecular flexibility index (Phi) is 5.63. The highest BCUT2D eigenvalue weighted by molar-refractivity contribution is 6.17. The molecule has 1 aromatic rings. The highest BCUT2D eigenvalue weighted by Crippen LogP contribution is 1.96. The number of nitrogens with one attached hydrogen (secondary N) is 2. The minimum atomic E-state index is -0.149. The van der Waals surface area contributed by atoms with Gasteiger partial charge in [0.1, 0.15) is 0 Å². The first kappa shape index (κ1) is 11.9. The van der Waals surface area contributed by atoms with Gasteiger partial charge in [0, 0.05) is 19.0 Å². The van der Waals surface area contributed by atoms with Crippen molar-refractivity contribution in [3.63, 3.8) is 0 Å². The maximum Gasteiger partial charge on any atom is 0.315 e. The molecule has 0 bridgehead atoms. The quantitative estimate of drug-likeness (QED) is 0.586. The molecule has 1 rings (SSSR count). The summed E-state index contributed by atoms with van der Waals surface area (Å²) in [6, 6.07) is 9.64. The number of benzene rings is 1. The predicted molar refractivity (Wildman–Crippen MR) is 62.0 cm³/mol. The number of carbonyl (C=O) groups excluding carboxylic acids is 1. The van der Waals surface area contributed by atoms with Crippen molar-refractivity contribution >= 4 is 17.6 Å². The lowest BCUT2D eigenvalue weighted by atomic mass is 10.2. The van der Waals surface area contributed by atoms with Crippen molar-refractivity contribution in [2.75, 3.05) is 12.4 Å². The molecule has 2 amide bonds. The zero-order valence-electron chi connectivity index (χ0n) is 8.50.